The third-order valence-corrected chi connectivity index (χ3v) is 3.29. The molecule has 0 bridgehead atoms. The summed E-state index contributed by atoms with van der Waals surface area (Å²) in [4.78, 5) is 27.2. The van der Waals surface area contributed by atoms with Crippen molar-refractivity contribution >= 4 is 23.4 Å². The highest BCUT2D eigenvalue weighted by molar-refractivity contribution is 5.93. The Labute approximate surface area is 125 Å². The van der Waals surface area contributed by atoms with Gasteiger partial charge in [-0.1, -0.05) is 0 Å². The van der Waals surface area contributed by atoms with Gasteiger partial charge in [-0.15, -0.1) is 0 Å². The van der Waals surface area contributed by atoms with Crippen LogP contribution in [0.2, 0.25) is 0 Å². The van der Waals surface area contributed by atoms with Crippen molar-refractivity contribution in [1.82, 2.24) is 10.2 Å². The van der Waals surface area contributed by atoms with Gasteiger partial charge in [0.1, 0.15) is 0 Å². The second-order valence-corrected chi connectivity index (χ2v) is 5.51. The lowest BCUT2D eigenvalue weighted by atomic mass is 10.2. The Morgan fingerprint density at radius 2 is 1.86 bits per heavy atom. The Morgan fingerprint density at radius 3 is 2.48 bits per heavy atom. The van der Waals surface area contributed by atoms with Crippen LogP contribution >= 0.6 is 0 Å². The van der Waals surface area contributed by atoms with E-state index in [9.17, 15) is 9.59 Å². The normalized spacial score (nSPS) is 15.3. The van der Waals surface area contributed by atoms with Crippen LogP contribution in [0.15, 0.2) is 24.3 Å². The Hall–Kier alpha value is -2.24. The van der Waals surface area contributed by atoms with Crippen LogP contribution in [0.3, 0.4) is 0 Å². The predicted octanol–water partition coefficient (Wildman–Crippen LogP) is 2.48. The van der Waals surface area contributed by atoms with E-state index in [1.807, 2.05) is 26.0 Å². The molecule has 2 N–H and O–H groups in total. The zero-order chi connectivity index (χ0) is 15.4. The second-order valence-electron chi connectivity index (χ2n) is 5.51. The van der Waals surface area contributed by atoms with Crippen molar-refractivity contribution in [2.24, 2.45) is 0 Å². The van der Waals surface area contributed by atoms with Crippen LogP contribution in [-0.4, -0.2) is 43.1 Å². The Bertz CT molecular complexity index is 513. The molecule has 0 spiro atoms. The van der Waals surface area contributed by atoms with Crippen LogP contribution in [0.25, 0.3) is 0 Å². The number of hydrogen-bond donors (Lipinski definition) is 2. The summed E-state index contributed by atoms with van der Waals surface area (Å²) in [5.74, 6) is 0. The molecule has 1 aliphatic rings. The SMILES string of the molecule is CC(C)NC(=O)Nc1ccc(N2CCCN(C)C2=O)cc1. The van der Waals surface area contributed by atoms with E-state index in [4.69, 9.17) is 0 Å². The number of hydrogen-bond acceptors (Lipinski definition) is 2. The number of carbonyl (C=O) groups excluding carboxylic acids is 2. The quantitative estimate of drug-likeness (QED) is 0.898. The average Bonchev–Trinajstić information content (AvgIpc) is 2.42. The number of nitrogens with one attached hydrogen (secondary N) is 2. The summed E-state index contributed by atoms with van der Waals surface area (Å²) in [6.45, 7) is 5.33. The first-order valence-electron chi connectivity index (χ1n) is 7.17. The topological polar surface area (TPSA) is 64.7 Å². The number of amides is 4. The number of benzene rings is 1. The molecule has 0 radical (unpaired) electrons. The molecule has 4 amide bonds. The fraction of sp³-hybridized carbons (Fsp3) is 0.467. The number of rotatable bonds is 3. The maximum absolute atomic E-state index is 12.1. The average molecular weight is 290 g/mol. The minimum Gasteiger partial charge on any atom is -0.336 e. The Morgan fingerprint density at radius 1 is 1.19 bits per heavy atom. The first kappa shape index (κ1) is 15.2. The molecule has 0 saturated carbocycles. The van der Waals surface area contributed by atoms with Gasteiger partial charge in [-0.2, -0.15) is 0 Å². The zero-order valence-corrected chi connectivity index (χ0v) is 12.7. The highest BCUT2D eigenvalue weighted by Crippen LogP contribution is 2.21. The first-order valence-corrected chi connectivity index (χ1v) is 7.17. The van der Waals surface area contributed by atoms with Gasteiger partial charge in [0.25, 0.3) is 0 Å². The van der Waals surface area contributed by atoms with Crippen molar-refractivity contribution in [2.45, 2.75) is 26.3 Å². The third kappa shape index (κ3) is 3.87. The van der Waals surface area contributed by atoms with Crippen LogP contribution in [0.5, 0.6) is 0 Å². The fourth-order valence-electron chi connectivity index (χ4n) is 2.26. The molecule has 6 heteroatoms. The van der Waals surface area contributed by atoms with Crippen molar-refractivity contribution in [2.75, 3.05) is 30.4 Å². The molecule has 0 unspecified atom stereocenters. The minimum absolute atomic E-state index is 0.0134. The van der Waals surface area contributed by atoms with E-state index in [1.165, 1.54) is 0 Å². The van der Waals surface area contributed by atoms with Gasteiger partial charge in [0.05, 0.1) is 0 Å². The number of nitrogens with zero attached hydrogens (tertiary/aromatic N) is 2. The largest absolute Gasteiger partial charge is 0.336 e. The van der Waals surface area contributed by atoms with Gasteiger partial charge in [-0.25, -0.2) is 9.59 Å². The minimum atomic E-state index is -0.230. The molecule has 1 saturated heterocycles. The molecule has 6 nitrogen and oxygen atoms in total. The maximum atomic E-state index is 12.1. The third-order valence-electron chi connectivity index (χ3n) is 3.29. The molecule has 1 aromatic rings. The molecule has 2 rings (SSSR count). The Kier molecular flexibility index (Phi) is 4.67. The standard InChI is InChI=1S/C15H22N4O2/c1-11(2)16-14(20)17-12-5-7-13(8-6-12)19-10-4-9-18(3)15(19)21/h5-8,11H,4,9-10H2,1-3H3,(H2,16,17,20). The van der Waals surface area contributed by atoms with E-state index >= 15 is 0 Å². The molecule has 0 atom stereocenters. The summed E-state index contributed by atoms with van der Waals surface area (Å²) in [6.07, 6.45) is 0.957. The van der Waals surface area contributed by atoms with Gasteiger partial charge >= 0.3 is 12.1 Å². The lowest BCUT2D eigenvalue weighted by molar-refractivity contribution is 0.207. The van der Waals surface area contributed by atoms with Crippen molar-refractivity contribution in [3.05, 3.63) is 24.3 Å². The molecule has 1 fully saturated rings. The van der Waals surface area contributed by atoms with Crippen LogP contribution < -0.4 is 15.5 Å². The number of carbonyl (C=O) groups is 2. The van der Waals surface area contributed by atoms with E-state index < -0.39 is 0 Å². The summed E-state index contributed by atoms with van der Waals surface area (Å²) < 4.78 is 0. The van der Waals surface area contributed by atoms with Crippen LogP contribution in [0, 0.1) is 0 Å². The van der Waals surface area contributed by atoms with Gasteiger partial charge in [-0.05, 0) is 44.5 Å². The second kappa shape index (κ2) is 6.47. The van der Waals surface area contributed by atoms with E-state index in [0.717, 1.165) is 25.2 Å². The summed E-state index contributed by atoms with van der Waals surface area (Å²) >= 11 is 0. The van der Waals surface area contributed by atoms with E-state index in [2.05, 4.69) is 10.6 Å². The summed E-state index contributed by atoms with van der Waals surface area (Å²) in [7, 11) is 1.81. The van der Waals surface area contributed by atoms with E-state index in [0.29, 0.717) is 5.69 Å². The lowest BCUT2D eigenvalue weighted by Crippen LogP contribution is -2.47. The number of anilines is 2. The molecule has 0 aliphatic carbocycles. The van der Waals surface area contributed by atoms with Gasteiger partial charge in [0.2, 0.25) is 0 Å². The van der Waals surface area contributed by atoms with Gasteiger partial charge < -0.3 is 15.5 Å². The Balaban J connectivity index is 2.02. The molecular weight excluding hydrogens is 268 g/mol. The molecule has 1 aromatic carbocycles. The van der Waals surface area contributed by atoms with Gasteiger partial charge in [0.15, 0.2) is 0 Å². The van der Waals surface area contributed by atoms with Crippen molar-refractivity contribution < 1.29 is 9.59 Å². The molecule has 0 aromatic heterocycles. The summed E-state index contributed by atoms with van der Waals surface area (Å²) in [6, 6.07) is 7.18. The molecule has 1 aliphatic heterocycles. The van der Waals surface area contributed by atoms with Crippen molar-refractivity contribution in [3.63, 3.8) is 0 Å². The van der Waals surface area contributed by atoms with E-state index in [-0.39, 0.29) is 18.1 Å². The molecule has 114 valence electrons. The smallest absolute Gasteiger partial charge is 0.324 e. The highest BCUT2D eigenvalue weighted by Gasteiger charge is 2.23. The highest BCUT2D eigenvalue weighted by atomic mass is 16.2. The molecule has 21 heavy (non-hydrogen) atoms. The van der Waals surface area contributed by atoms with Crippen LogP contribution in [0.4, 0.5) is 21.0 Å². The molecule has 1 heterocycles. The molecular formula is C15H22N4O2. The summed E-state index contributed by atoms with van der Waals surface area (Å²) in [5, 5.41) is 5.52. The van der Waals surface area contributed by atoms with Gasteiger partial charge in [-0.3, -0.25) is 4.90 Å². The maximum Gasteiger partial charge on any atom is 0.324 e. The van der Waals surface area contributed by atoms with Gasteiger partial charge in [0, 0.05) is 37.6 Å². The van der Waals surface area contributed by atoms with Crippen molar-refractivity contribution in [3.8, 4) is 0 Å². The lowest BCUT2D eigenvalue weighted by Gasteiger charge is -2.33. The van der Waals surface area contributed by atoms with Crippen LogP contribution in [-0.2, 0) is 0 Å². The fourth-order valence-corrected chi connectivity index (χ4v) is 2.26. The number of urea groups is 2. The zero-order valence-electron chi connectivity index (χ0n) is 12.7. The predicted molar refractivity (Wildman–Crippen MR) is 83.7 cm³/mol. The van der Waals surface area contributed by atoms with E-state index in [1.54, 1.807) is 29.0 Å². The van der Waals surface area contributed by atoms with Crippen LogP contribution in [0.1, 0.15) is 20.3 Å². The van der Waals surface area contributed by atoms with Crippen molar-refractivity contribution in [1.29, 1.82) is 0 Å². The first-order chi connectivity index (χ1) is 9.97. The summed E-state index contributed by atoms with van der Waals surface area (Å²) in [5.41, 5.74) is 1.55. The monoisotopic (exact) mass is 290 g/mol.